The second-order valence-corrected chi connectivity index (χ2v) is 7.67. The summed E-state index contributed by atoms with van der Waals surface area (Å²) in [6, 6.07) is 7.98. The zero-order valence-electron chi connectivity index (χ0n) is 18.0. The SMILES string of the molecule is CCc1nncn1CCNC(=NC)NCc1cccc(NC(=O)C2CCCCC2)c1. The van der Waals surface area contributed by atoms with Crippen molar-refractivity contribution in [1.82, 2.24) is 25.4 Å². The summed E-state index contributed by atoms with van der Waals surface area (Å²) in [5, 5.41) is 17.8. The second kappa shape index (κ2) is 11.3. The first-order chi connectivity index (χ1) is 14.7. The van der Waals surface area contributed by atoms with Crippen molar-refractivity contribution in [3.63, 3.8) is 0 Å². The molecule has 8 nitrogen and oxygen atoms in total. The fourth-order valence-corrected chi connectivity index (χ4v) is 3.81. The number of anilines is 1. The van der Waals surface area contributed by atoms with Crippen LogP contribution in [0.25, 0.3) is 0 Å². The maximum Gasteiger partial charge on any atom is 0.227 e. The average molecular weight is 412 g/mol. The predicted molar refractivity (Wildman–Crippen MR) is 119 cm³/mol. The lowest BCUT2D eigenvalue weighted by Crippen LogP contribution is -2.38. The summed E-state index contributed by atoms with van der Waals surface area (Å²) in [5.74, 6) is 2.02. The fourth-order valence-electron chi connectivity index (χ4n) is 3.81. The zero-order valence-corrected chi connectivity index (χ0v) is 18.0. The number of guanidine groups is 1. The standard InChI is InChI=1S/C22H33N7O/c1-3-20-28-26-16-29(20)13-12-24-22(23-2)25-15-17-8-7-11-19(14-17)27-21(30)18-9-5-4-6-10-18/h7-8,11,14,16,18H,3-6,9-10,12-13,15H2,1-2H3,(H,27,30)(H2,23,24,25). The van der Waals surface area contributed by atoms with Crippen molar-refractivity contribution in [2.24, 2.45) is 10.9 Å². The smallest absolute Gasteiger partial charge is 0.227 e. The van der Waals surface area contributed by atoms with Crippen LogP contribution >= 0.6 is 0 Å². The summed E-state index contributed by atoms with van der Waals surface area (Å²) in [4.78, 5) is 16.8. The third-order valence-electron chi connectivity index (χ3n) is 5.51. The van der Waals surface area contributed by atoms with Gasteiger partial charge in [-0.3, -0.25) is 9.79 Å². The molecule has 1 heterocycles. The maximum atomic E-state index is 12.5. The molecule has 1 aromatic carbocycles. The first kappa shape index (κ1) is 21.8. The van der Waals surface area contributed by atoms with Crippen LogP contribution in [0.4, 0.5) is 5.69 Å². The number of nitrogens with zero attached hydrogens (tertiary/aromatic N) is 4. The van der Waals surface area contributed by atoms with Crippen LogP contribution in [0.15, 0.2) is 35.6 Å². The number of amides is 1. The molecule has 0 spiro atoms. The molecule has 1 aliphatic rings. The van der Waals surface area contributed by atoms with Crippen molar-refractivity contribution in [3.05, 3.63) is 42.0 Å². The van der Waals surface area contributed by atoms with E-state index in [2.05, 4.69) is 38.1 Å². The largest absolute Gasteiger partial charge is 0.355 e. The van der Waals surface area contributed by atoms with Crippen molar-refractivity contribution < 1.29 is 4.79 Å². The minimum atomic E-state index is 0.151. The Hall–Kier alpha value is -2.90. The number of nitrogens with one attached hydrogen (secondary N) is 3. The van der Waals surface area contributed by atoms with Crippen molar-refractivity contribution in [2.45, 2.75) is 58.5 Å². The Morgan fingerprint density at radius 2 is 2.07 bits per heavy atom. The lowest BCUT2D eigenvalue weighted by molar-refractivity contribution is -0.120. The number of benzene rings is 1. The molecule has 162 valence electrons. The molecule has 0 aliphatic heterocycles. The summed E-state index contributed by atoms with van der Waals surface area (Å²) in [5.41, 5.74) is 1.94. The van der Waals surface area contributed by atoms with Crippen LogP contribution < -0.4 is 16.0 Å². The van der Waals surface area contributed by atoms with E-state index >= 15 is 0 Å². The number of rotatable bonds is 8. The van der Waals surface area contributed by atoms with Crippen LogP contribution in [0.2, 0.25) is 0 Å². The maximum absolute atomic E-state index is 12.5. The Kier molecular flexibility index (Phi) is 8.23. The number of carbonyl (C=O) groups is 1. The molecule has 1 aliphatic carbocycles. The van der Waals surface area contributed by atoms with Gasteiger partial charge >= 0.3 is 0 Å². The number of hydrogen-bond acceptors (Lipinski definition) is 4. The Morgan fingerprint density at radius 3 is 2.83 bits per heavy atom. The van der Waals surface area contributed by atoms with E-state index in [0.717, 1.165) is 68.2 Å². The van der Waals surface area contributed by atoms with Gasteiger partial charge in [0.15, 0.2) is 5.96 Å². The third kappa shape index (κ3) is 6.30. The number of aromatic nitrogens is 3. The van der Waals surface area contributed by atoms with Crippen LogP contribution in [0.5, 0.6) is 0 Å². The van der Waals surface area contributed by atoms with E-state index in [1.54, 1.807) is 13.4 Å². The minimum absolute atomic E-state index is 0.151. The van der Waals surface area contributed by atoms with Gasteiger partial charge in [-0.05, 0) is 30.5 Å². The van der Waals surface area contributed by atoms with Gasteiger partial charge in [0.2, 0.25) is 5.91 Å². The van der Waals surface area contributed by atoms with Gasteiger partial charge < -0.3 is 20.5 Å². The molecule has 1 saturated carbocycles. The third-order valence-corrected chi connectivity index (χ3v) is 5.51. The van der Waals surface area contributed by atoms with E-state index in [9.17, 15) is 4.79 Å². The molecule has 3 rings (SSSR count). The van der Waals surface area contributed by atoms with E-state index in [1.165, 1.54) is 6.42 Å². The second-order valence-electron chi connectivity index (χ2n) is 7.67. The molecular formula is C22H33N7O. The topological polar surface area (TPSA) is 96.2 Å². The molecule has 8 heteroatoms. The molecule has 2 aromatic rings. The highest BCUT2D eigenvalue weighted by molar-refractivity contribution is 5.92. The Morgan fingerprint density at radius 1 is 1.23 bits per heavy atom. The van der Waals surface area contributed by atoms with E-state index in [0.29, 0.717) is 6.54 Å². The van der Waals surface area contributed by atoms with Gasteiger partial charge in [-0.2, -0.15) is 0 Å². The molecule has 1 aromatic heterocycles. The van der Waals surface area contributed by atoms with Gasteiger partial charge in [0.25, 0.3) is 0 Å². The van der Waals surface area contributed by atoms with Crippen LogP contribution in [0.1, 0.15) is 50.4 Å². The fraction of sp³-hybridized carbons (Fsp3) is 0.545. The number of carbonyl (C=O) groups excluding carboxylic acids is 1. The lowest BCUT2D eigenvalue weighted by Gasteiger charge is -2.21. The molecule has 0 bridgehead atoms. The van der Waals surface area contributed by atoms with E-state index in [1.807, 2.05) is 28.8 Å². The molecule has 1 amide bonds. The molecular weight excluding hydrogens is 378 g/mol. The molecule has 1 fully saturated rings. The lowest BCUT2D eigenvalue weighted by atomic mass is 9.88. The summed E-state index contributed by atoms with van der Waals surface area (Å²) in [7, 11) is 1.76. The first-order valence-corrected chi connectivity index (χ1v) is 10.9. The summed E-state index contributed by atoms with van der Waals surface area (Å²) in [6.07, 6.45) is 8.19. The van der Waals surface area contributed by atoms with Gasteiger partial charge in [0.1, 0.15) is 12.2 Å². The highest BCUT2D eigenvalue weighted by Gasteiger charge is 2.21. The first-order valence-electron chi connectivity index (χ1n) is 10.9. The number of aryl methyl sites for hydroxylation is 1. The number of hydrogen-bond donors (Lipinski definition) is 3. The van der Waals surface area contributed by atoms with Gasteiger partial charge in [-0.15, -0.1) is 10.2 Å². The summed E-state index contributed by atoms with van der Waals surface area (Å²) in [6.45, 7) is 4.20. The molecule has 3 N–H and O–H groups in total. The van der Waals surface area contributed by atoms with Crippen molar-refractivity contribution in [1.29, 1.82) is 0 Å². The minimum Gasteiger partial charge on any atom is -0.355 e. The van der Waals surface area contributed by atoms with Crippen molar-refractivity contribution in [3.8, 4) is 0 Å². The highest BCUT2D eigenvalue weighted by atomic mass is 16.1. The monoisotopic (exact) mass is 411 g/mol. The molecule has 0 saturated heterocycles. The molecule has 0 radical (unpaired) electrons. The molecule has 0 unspecified atom stereocenters. The zero-order chi connectivity index (χ0) is 21.2. The van der Waals surface area contributed by atoms with Gasteiger partial charge in [-0.1, -0.05) is 38.3 Å². The van der Waals surface area contributed by atoms with Gasteiger partial charge in [0.05, 0.1) is 0 Å². The normalized spacial score (nSPS) is 15.1. The van der Waals surface area contributed by atoms with Crippen LogP contribution in [-0.4, -0.2) is 40.2 Å². The van der Waals surface area contributed by atoms with E-state index < -0.39 is 0 Å². The van der Waals surface area contributed by atoms with Crippen molar-refractivity contribution in [2.75, 3.05) is 18.9 Å². The number of aliphatic imine (C=N–C) groups is 1. The Bertz CT molecular complexity index is 840. The van der Waals surface area contributed by atoms with Gasteiger partial charge in [-0.25, -0.2) is 0 Å². The quantitative estimate of drug-likeness (QED) is 0.458. The highest BCUT2D eigenvalue weighted by Crippen LogP contribution is 2.25. The van der Waals surface area contributed by atoms with E-state index in [-0.39, 0.29) is 11.8 Å². The van der Waals surface area contributed by atoms with Crippen LogP contribution in [-0.2, 0) is 24.3 Å². The summed E-state index contributed by atoms with van der Waals surface area (Å²) < 4.78 is 2.04. The van der Waals surface area contributed by atoms with Crippen LogP contribution in [0, 0.1) is 5.92 Å². The average Bonchev–Trinajstić information content (AvgIpc) is 3.24. The molecule has 0 atom stereocenters. The molecule has 30 heavy (non-hydrogen) atoms. The van der Waals surface area contributed by atoms with E-state index in [4.69, 9.17) is 0 Å². The van der Waals surface area contributed by atoms with Crippen molar-refractivity contribution >= 4 is 17.6 Å². The Balaban J connectivity index is 1.45. The Labute approximate surface area is 178 Å². The van der Waals surface area contributed by atoms with Gasteiger partial charge in [0, 0.05) is 44.7 Å². The predicted octanol–water partition coefficient (Wildman–Crippen LogP) is 2.72. The summed E-state index contributed by atoms with van der Waals surface area (Å²) >= 11 is 0. The van der Waals surface area contributed by atoms with Crippen LogP contribution in [0.3, 0.4) is 0 Å².